The SMILES string of the molecule is CCc1cc(CN)cc(N2CC=CCC2)n1. The fraction of sp³-hybridized carbons (Fsp3) is 0.462. The Bertz CT molecular complexity index is 363. The molecular formula is C13H19N3. The lowest BCUT2D eigenvalue weighted by Gasteiger charge is -2.25. The first-order valence-electron chi connectivity index (χ1n) is 5.93. The van der Waals surface area contributed by atoms with Gasteiger partial charge in [-0.2, -0.15) is 0 Å². The fourth-order valence-corrected chi connectivity index (χ4v) is 1.94. The van der Waals surface area contributed by atoms with Gasteiger partial charge in [-0.3, -0.25) is 0 Å². The Morgan fingerprint density at radius 1 is 1.38 bits per heavy atom. The van der Waals surface area contributed by atoms with E-state index in [1.807, 2.05) is 0 Å². The van der Waals surface area contributed by atoms with Gasteiger partial charge in [-0.05, 0) is 30.5 Å². The quantitative estimate of drug-likeness (QED) is 0.786. The minimum Gasteiger partial charge on any atom is -0.353 e. The summed E-state index contributed by atoms with van der Waals surface area (Å²) in [5, 5.41) is 0. The molecule has 2 heterocycles. The summed E-state index contributed by atoms with van der Waals surface area (Å²) < 4.78 is 0. The molecule has 0 radical (unpaired) electrons. The molecule has 86 valence electrons. The highest BCUT2D eigenvalue weighted by Gasteiger charge is 2.10. The minimum absolute atomic E-state index is 0.589. The summed E-state index contributed by atoms with van der Waals surface area (Å²) >= 11 is 0. The molecule has 16 heavy (non-hydrogen) atoms. The van der Waals surface area contributed by atoms with Crippen LogP contribution in [0.15, 0.2) is 24.3 Å². The Morgan fingerprint density at radius 2 is 2.25 bits per heavy atom. The van der Waals surface area contributed by atoms with E-state index >= 15 is 0 Å². The molecule has 2 N–H and O–H groups in total. The molecule has 1 aliphatic rings. The number of aromatic nitrogens is 1. The molecule has 1 aromatic rings. The maximum Gasteiger partial charge on any atom is 0.129 e. The smallest absolute Gasteiger partial charge is 0.129 e. The summed E-state index contributed by atoms with van der Waals surface area (Å²) in [5.74, 6) is 1.07. The van der Waals surface area contributed by atoms with Gasteiger partial charge in [0.25, 0.3) is 0 Å². The van der Waals surface area contributed by atoms with Crippen molar-refractivity contribution >= 4 is 5.82 Å². The second-order valence-electron chi connectivity index (χ2n) is 4.09. The summed E-state index contributed by atoms with van der Waals surface area (Å²) in [6.07, 6.45) is 6.50. The van der Waals surface area contributed by atoms with Crippen molar-refractivity contribution in [3.8, 4) is 0 Å². The fourth-order valence-electron chi connectivity index (χ4n) is 1.94. The molecule has 2 rings (SSSR count). The van der Waals surface area contributed by atoms with E-state index < -0.39 is 0 Å². The number of aryl methyl sites for hydroxylation is 1. The number of anilines is 1. The van der Waals surface area contributed by atoms with Crippen molar-refractivity contribution in [2.75, 3.05) is 18.0 Å². The van der Waals surface area contributed by atoms with Crippen molar-refractivity contribution in [1.29, 1.82) is 0 Å². The normalized spacial score (nSPS) is 15.5. The molecule has 0 fully saturated rings. The van der Waals surface area contributed by atoms with Crippen LogP contribution in [0.2, 0.25) is 0 Å². The van der Waals surface area contributed by atoms with Crippen LogP contribution in [-0.4, -0.2) is 18.1 Å². The first kappa shape index (κ1) is 11.1. The number of hydrogen-bond donors (Lipinski definition) is 1. The highest BCUT2D eigenvalue weighted by atomic mass is 15.2. The molecule has 0 bridgehead atoms. The zero-order valence-electron chi connectivity index (χ0n) is 9.82. The molecule has 0 amide bonds. The van der Waals surface area contributed by atoms with Crippen molar-refractivity contribution in [2.24, 2.45) is 5.73 Å². The van der Waals surface area contributed by atoms with Gasteiger partial charge in [0.05, 0.1) is 0 Å². The van der Waals surface area contributed by atoms with Crippen molar-refractivity contribution in [1.82, 2.24) is 4.98 Å². The van der Waals surface area contributed by atoms with Gasteiger partial charge in [0.2, 0.25) is 0 Å². The predicted molar refractivity (Wildman–Crippen MR) is 67.5 cm³/mol. The summed E-state index contributed by atoms with van der Waals surface area (Å²) in [5.41, 5.74) is 8.02. The lowest BCUT2D eigenvalue weighted by Crippen LogP contribution is -2.28. The van der Waals surface area contributed by atoms with E-state index in [0.29, 0.717) is 6.54 Å². The van der Waals surface area contributed by atoms with Crippen molar-refractivity contribution < 1.29 is 0 Å². The molecule has 0 unspecified atom stereocenters. The third-order valence-electron chi connectivity index (χ3n) is 2.90. The molecule has 0 spiro atoms. The van der Waals surface area contributed by atoms with E-state index in [0.717, 1.165) is 37.4 Å². The molecule has 0 aliphatic carbocycles. The van der Waals surface area contributed by atoms with Crippen LogP contribution in [0.4, 0.5) is 5.82 Å². The van der Waals surface area contributed by atoms with Crippen LogP contribution in [0, 0.1) is 0 Å². The topological polar surface area (TPSA) is 42.1 Å². The average Bonchev–Trinajstić information content (AvgIpc) is 2.39. The minimum atomic E-state index is 0.589. The van der Waals surface area contributed by atoms with Crippen molar-refractivity contribution in [2.45, 2.75) is 26.3 Å². The molecule has 0 aromatic carbocycles. The summed E-state index contributed by atoms with van der Waals surface area (Å²) in [7, 11) is 0. The Morgan fingerprint density at radius 3 is 2.88 bits per heavy atom. The number of nitrogens with two attached hydrogens (primary N) is 1. The van der Waals surface area contributed by atoms with Crippen LogP contribution in [0.1, 0.15) is 24.6 Å². The molecule has 0 atom stereocenters. The molecule has 3 nitrogen and oxygen atoms in total. The highest BCUT2D eigenvalue weighted by molar-refractivity contribution is 5.44. The number of pyridine rings is 1. The van der Waals surface area contributed by atoms with Gasteiger partial charge in [0, 0.05) is 25.3 Å². The predicted octanol–water partition coefficient (Wildman–Crippen LogP) is 1.87. The van der Waals surface area contributed by atoms with E-state index in [1.165, 1.54) is 5.56 Å². The Labute approximate surface area is 97.0 Å². The molecule has 3 heteroatoms. The van der Waals surface area contributed by atoms with Gasteiger partial charge >= 0.3 is 0 Å². The maximum atomic E-state index is 5.71. The van der Waals surface area contributed by atoms with E-state index in [1.54, 1.807) is 0 Å². The van der Waals surface area contributed by atoms with Crippen LogP contribution >= 0.6 is 0 Å². The van der Waals surface area contributed by atoms with Crippen LogP contribution in [-0.2, 0) is 13.0 Å². The Kier molecular flexibility index (Phi) is 3.57. The number of nitrogens with zero attached hydrogens (tertiary/aromatic N) is 2. The zero-order chi connectivity index (χ0) is 11.4. The summed E-state index contributed by atoms with van der Waals surface area (Å²) in [6, 6.07) is 4.21. The largest absolute Gasteiger partial charge is 0.353 e. The van der Waals surface area contributed by atoms with Crippen LogP contribution in [0.25, 0.3) is 0 Å². The van der Waals surface area contributed by atoms with Gasteiger partial charge in [0.15, 0.2) is 0 Å². The van der Waals surface area contributed by atoms with Crippen molar-refractivity contribution in [3.05, 3.63) is 35.5 Å². The van der Waals surface area contributed by atoms with Crippen LogP contribution < -0.4 is 10.6 Å². The van der Waals surface area contributed by atoms with Crippen LogP contribution in [0.3, 0.4) is 0 Å². The maximum absolute atomic E-state index is 5.71. The molecule has 1 aliphatic heterocycles. The molecule has 0 saturated heterocycles. The Balaban J connectivity index is 2.28. The standard InChI is InChI=1S/C13H19N3/c1-2-12-8-11(10-14)9-13(15-12)16-6-4-3-5-7-16/h3-4,8-9H,2,5-7,10,14H2,1H3. The third kappa shape index (κ3) is 2.42. The molecular weight excluding hydrogens is 198 g/mol. The van der Waals surface area contributed by atoms with E-state index in [4.69, 9.17) is 5.73 Å². The highest BCUT2D eigenvalue weighted by Crippen LogP contribution is 2.17. The van der Waals surface area contributed by atoms with Gasteiger partial charge in [-0.15, -0.1) is 0 Å². The second kappa shape index (κ2) is 5.12. The first-order chi connectivity index (χ1) is 7.83. The average molecular weight is 217 g/mol. The van der Waals surface area contributed by atoms with E-state index in [-0.39, 0.29) is 0 Å². The van der Waals surface area contributed by atoms with Crippen molar-refractivity contribution in [3.63, 3.8) is 0 Å². The number of rotatable bonds is 3. The first-order valence-corrected chi connectivity index (χ1v) is 5.93. The number of hydrogen-bond acceptors (Lipinski definition) is 3. The summed E-state index contributed by atoms with van der Waals surface area (Å²) in [4.78, 5) is 6.96. The van der Waals surface area contributed by atoms with Gasteiger partial charge in [-0.25, -0.2) is 4.98 Å². The zero-order valence-corrected chi connectivity index (χ0v) is 9.82. The molecule has 1 aromatic heterocycles. The van der Waals surface area contributed by atoms with Crippen LogP contribution in [0.5, 0.6) is 0 Å². The van der Waals surface area contributed by atoms with E-state index in [9.17, 15) is 0 Å². The summed E-state index contributed by atoms with van der Waals surface area (Å²) in [6.45, 7) is 4.74. The lowest BCUT2D eigenvalue weighted by atomic mass is 10.1. The monoisotopic (exact) mass is 217 g/mol. The van der Waals surface area contributed by atoms with E-state index in [2.05, 4.69) is 41.1 Å². The Hall–Kier alpha value is -1.35. The lowest BCUT2D eigenvalue weighted by molar-refractivity contribution is 0.797. The molecule has 0 saturated carbocycles. The van der Waals surface area contributed by atoms with Gasteiger partial charge in [0.1, 0.15) is 5.82 Å². The van der Waals surface area contributed by atoms with Gasteiger partial charge in [-0.1, -0.05) is 19.1 Å². The second-order valence-corrected chi connectivity index (χ2v) is 4.09. The van der Waals surface area contributed by atoms with Gasteiger partial charge < -0.3 is 10.6 Å². The third-order valence-corrected chi connectivity index (χ3v) is 2.90.